The Labute approximate surface area is 282 Å². The largest absolute Gasteiger partial charge is 0.490 e. The van der Waals surface area contributed by atoms with Gasteiger partial charge in [0.2, 0.25) is 5.91 Å². The number of rotatable bonds is 8. The van der Waals surface area contributed by atoms with Crippen LogP contribution in [0.15, 0.2) is 54.6 Å². The van der Waals surface area contributed by atoms with E-state index < -0.39 is 35.7 Å². The number of pyridine rings is 1. The Morgan fingerprint density at radius 1 is 0.960 bits per heavy atom. The minimum Gasteiger partial charge on any atom is -0.489 e. The van der Waals surface area contributed by atoms with Crippen molar-refractivity contribution in [3.05, 3.63) is 71.4 Å². The molecule has 5 N–H and O–H groups in total. The molecule has 2 amide bonds. The van der Waals surface area contributed by atoms with Crippen LogP contribution in [0.25, 0.3) is 10.9 Å². The summed E-state index contributed by atoms with van der Waals surface area (Å²) >= 11 is 0. The van der Waals surface area contributed by atoms with Crippen LogP contribution in [-0.2, 0) is 21.0 Å². The lowest BCUT2D eigenvalue weighted by atomic mass is 9.84. The van der Waals surface area contributed by atoms with E-state index in [0.717, 1.165) is 35.1 Å². The maximum atomic E-state index is 13.2. The van der Waals surface area contributed by atoms with Gasteiger partial charge in [0.25, 0.3) is 5.91 Å². The first-order valence-electron chi connectivity index (χ1n) is 14.9. The third kappa shape index (κ3) is 12.8. The number of benzene rings is 2. The lowest BCUT2D eigenvalue weighted by molar-refractivity contribution is -0.193. The van der Waals surface area contributed by atoms with Crippen molar-refractivity contribution in [2.45, 2.75) is 70.6 Å². The fourth-order valence-electron chi connectivity index (χ4n) is 4.94. The topological polar surface area (TPSA) is 178 Å². The molecule has 1 unspecified atom stereocenters. The summed E-state index contributed by atoms with van der Waals surface area (Å²) in [6.45, 7) is 8.00. The number of aromatic nitrogens is 1. The molecule has 0 spiro atoms. The van der Waals surface area contributed by atoms with Gasteiger partial charge in [0.15, 0.2) is 0 Å². The summed E-state index contributed by atoms with van der Waals surface area (Å²) in [6, 6.07) is 17.3. The lowest BCUT2D eigenvalue weighted by Gasteiger charge is -2.44. The number of nitrogens with zero attached hydrogens (tertiary/aromatic N) is 2. The number of carboxylic acids is 2. The molecule has 12 nitrogen and oxygen atoms in total. The molecule has 50 heavy (non-hydrogen) atoms. The predicted octanol–water partition coefficient (Wildman–Crippen LogP) is 5.26. The summed E-state index contributed by atoms with van der Waals surface area (Å²) in [5.41, 5.74) is 4.37. The molecule has 0 saturated carbocycles. The minimum atomic E-state index is -5.08. The zero-order valence-corrected chi connectivity index (χ0v) is 27.1. The van der Waals surface area contributed by atoms with E-state index in [2.05, 4.69) is 29.0 Å². The number of ether oxygens (including phenoxy) is 1. The number of para-hydroxylation sites is 1. The van der Waals surface area contributed by atoms with Crippen LogP contribution in [0.4, 0.5) is 26.3 Å². The molecule has 1 aromatic heterocycles. The molecule has 1 fully saturated rings. The Bertz CT molecular complexity index is 1610. The van der Waals surface area contributed by atoms with E-state index in [-0.39, 0.29) is 18.4 Å². The molecule has 3 aromatic rings. The molecule has 2 heterocycles. The van der Waals surface area contributed by atoms with Gasteiger partial charge in [0.1, 0.15) is 12.4 Å². The third-order valence-corrected chi connectivity index (χ3v) is 7.26. The monoisotopic (exact) mass is 718 g/mol. The van der Waals surface area contributed by atoms with Crippen LogP contribution in [0, 0.1) is 6.92 Å². The zero-order chi connectivity index (χ0) is 37.9. The van der Waals surface area contributed by atoms with Crippen LogP contribution in [0.1, 0.15) is 54.7 Å². The fourth-order valence-corrected chi connectivity index (χ4v) is 4.94. The number of carbonyl (C=O) groups is 4. The maximum Gasteiger partial charge on any atom is 0.490 e. The van der Waals surface area contributed by atoms with Crippen molar-refractivity contribution in [3.63, 3.8) is 0 Å². The Hall–Kier alpha value is -4.97. The first-order valence-corrected chi connectivity index (χ1v) is 14.9. The molecule has 1 aliphatic rings. The Morgan fingerprint density at radius 2 is 1.52 bits per heavy atom. The molecule has 0 radical (unpaired) electrons. The summed E-state index contributed by atoms with van der Waals surface area (Å²) < 4.78 is 69.5. The first kappa shape index (κ1) is 41.2. The molecule has 1 saturated heterocycles. The van der Waals surface area contributed by atoms with Crippen LogP contribution in [0.5, 0.6) is 5.75 Å². The van der Waals surface area contributed by atoms with E-state index in [1.807, 2.05) is 37.3 Å². The van der Waals surface area contributed by atoms with E-state index in [1.54, 1.807) is 29.7 Å². The van der Waals surface area contributed by atoms with Gasteiger partial charge in [-0.25, -0.2) is 15.1 Å². The Kier molecular flexibility index (Phi) is 14.5. The van der Waals surface area contributed by atoms with Gasteiger partial charge in [-0.1, -0.05) is 18.2 Å². The average Bonchev–Trinajstić information content (AvgIpc) is 3.03. The molecule has 1 atom stereocenters. The number of hydrogen-bond donors (Lipinski definition) is 5. The van der Waals surface area contributed by atoms with E-state index in [1.165, 1.54) is 0 Å². The zero-order valence-electron chi connectivity index (χ0n) is 27.1. The second kappa shape index (κ2) is 17.6. The van der Waals surface area contributed by atoms with Gasteiger partial charge in [0.05, 0.1) is 17.5 Å². The number of aryl methyl sites for hydroxylation is 1. The number of fused-ring (bicyclic) bond motifs is 1. The molecule has 274 valence electrons. The van der Waals surface area contributed by atoms with Crippen molar-refractivity contribution in [2.24, 2.45) is 0 Å². The molecule has 18 heteroatoms. The molecule has 0 aliphatic carbocycles. The van der Waals surface area contributed by atoms with Gasteiger partial charge < -0.3 is 20.3 Å². The highest BCUT2D eigenvalue weighted by molar-refractivity contribution is 5.95. The number of hydroxylamine groups is 1. The second-order valence-corrected chi connectivity index (χ2v) is 11.5. The van der Waals surface area contributed by atoms with E-state index in [9.17, 15) is 35.9 Å². The van der Waals surface area contributed by atoms with Gasteiger partial charge in [-0.15, -0.1) is 0 Å². The van der Waals surface area contributed by atoms with Gasteiger partial charge in [-0.05, 0) is 76.6 Å². The highest BCUT2D eigenvalue weighted by atomic mass is 19.4. The number of carboxylic acid groups (broad SMARTS) is 2. The third-order valence-electron chi connectivity index (χ3n) is 7.26. The van der Waals surface area contributed by atoms with Crippen molar-refractivity contribution in [1.82, 2.24) is 20.7 Å². The van der Waals surface area contributed by atoms with Crippen molar-refractivity contribution in [2.75, 3.05) is 13.1 Å². The average molecular weight is 719 g/mol. The van der Waals surface area contributed by atoms with Gasteiger partial charge in [-0.2, -0.15) is 26.3 Å². The molecule has 4 rings (SSSR count). The number of likely N-dealkylation sites (tertiary alicyclic amines) is 1. The molecular weight excluding hydrogens is 682 g/mol. The number of piperidine rings is 1. The fraction of sp³-hybridized carbons (Fsp3) is 0.406. The summed E-state index contributed by atoms with van der Waals surface area (Å²) in [6.07, 6.45) is -8.64. The van der Waals surface area contributed by atoms with Crippen molar-refractivity contribution in [1.29, 1.82) is 0 Å². The van der Waals surface area contributed by atoms with Crippen molar-refractivity contribution < 1.29 is 65.7 Å². The number of alkyl halides is 6. The lowest BCUT2D eigenvalue weighted by Crippen LogP contribution is -2.61. The summed E-state index contributed by atoms with van der Waals surface area (Å²) in [7, 11) is 0. The van der Waals surface area contributed by atoms with Crippen molar-refractivity contribution >= 4 is 34.7 Å². The normalized spacial score (nSPS) is 16.3. The van der Waals surface area contributed by atoms with Crippen LogP contribution < -0.4 is 15.5 Å². The standard InChI is InChI=1S/C28H34N4O4.2C2HF3O2/c1-19(2)32-14-6-13-28(18-32,16-26(33)31-35)30-27(34)21-9-11-23(12-10-21)36-17-22-15-20(3)29-25-8-5-4-7-24(22)25;2*3-2(4,5)1(6)7/h4-5,7-12,15,19,35H,6,13-14,16-18H2,1-3H3,(H,30,34)(H,31,33);2*(H,6,7). The second-order valence-electron chi connectivity index (χ2n) is 11.5. The summed E-state index contributed by atoms with van der Waals surface area (Å²) in [5, 5.41) is 27.5. The highest BCUT2D eigenvalue weighted by Crippen LogP contribution is 2.27. The van der Waals surface area contributed by atoms with Gasteiger partial charge in [0, 0.05) is 34.8 Å². The molecule has 1 aliphatic heterocycles. The molecular formula is C32H36F6N4O8. The van der Waals surface area contributed by atoms with Crippen LogP contribution >= 0.6 is 0 Å². The minimum absolute atomic E-state index is 0.0129. The van der Waals surface area contributed by atoms with Gasteiger partial charge in [-0.3, -0.25) is 24.7 Å². The highest BCUT2D eigenvalue weighted by Gasteiger charge is 2.40. The Morgan fingerprint density at radius 3 is 2.04 bits per heavy atom. The first-order chi connectivity index (χ1) is 23.2. The number of aliphatic carboxylic acids is 2. The van der Waals surface area contributed by atoms with Crippen LogP contribution in [0.3, 0.4) is 0 Å². The van der Waals surface area contributed by atoms with Crippen LogP contribution in [0.2, 0.25) is 0 Å². The molecule has 0 bridgehead atoms. The maximum absolute atomic E-state index is 13.2. The van der Waals surface area contributed by atoms with E-state index in [4.69, 9.17) is 29.7 Å². The number of hydrogen-bond acceptors (Lipinski definition) is 8. The quantitative estimate of drug-likeness (QED) is 0.117. The summed E-state index contributed by atoms with van der Waals surface area (Å²) in [4.78, 5) is 49.8. The number of amides is 2. The number of nitrogens with one attached hydrogen (secondary N) is 2. The number of halogens is 6. The summed E-state index contributed by atoms with van der Waals surface area (Å²) in [5.74, 6) is -5.62. The van der Waals surface area contributed by atoms with E-state index in [0.29, 0.717) is 30.9 Å². The van der Waals surface area contributed by atoms with Gasteiger partial charge >= 0.3 is 24.3 Å². The smallest absolute Gasteiger partial charge is 0.489 e. The van der Waals surface area contributed by atoms with Crippen LogP contribution in [-0.4, -0.2) is 86.1 Å². The van der Waals surface area contributed by atoms with E-state index >= 15 is 0 Å². The predicted molar refractivity (Wildman–Crippen MR) is 165 cm³/mol. The Balaban J connectivity index is 0.000000521. The molecule has 2 aromatic carbocycles. The van der Waals surface area contributed by atoms with Crippen molar-refractivity contribution in [3.8, 4) is 5.75 Å². The SMILES string of the molecule is Cc1cc(COc2ccc(C(=O)NC3(CC(=O)NO)CCCN(C(C)C)C3)cc2)c2ccccc2n1.O=C(O)C(F)(F)F.O=C(O)C(F)(F)F. The number of carbonyl (C=O) groups excluding carboxylic acids is 2.